The van der Waals surface area contributed by atoms with Crippen molar-refractivity contribution in [2.24, 2.45) is 10.4 Å². The standard InChI is InChI=1S/C16H16N2O/c1-13(19)11-15(14-5-3-2-4-6-14)16(12-17)7-9-18-10-8-16/h2-7,9-11,15,19H,8H2,1H3/b13-11-. The maximum Gasteiger partial charge on any atom is 0.0924 e. The average Bonchev–Trinajstić information content (AvgIpc) is 2.46. The fourth-order valence-electron chi connectivity index (χ4n) is 2.34. The first-order chi connectivity index (χ1) is 9.18. The predicted molar refractivity (Wildman–Crippen MR) is 75.9 cm³/mol. The van der Waals surface area contributed by atoms with Crippen molar-refractivity contribution in [3.8, 4) is 6.07 Å². The number of aliphatic hydroxyl groups is 1. The van der Waals surface area contributed by atoms with Gasteiger partial charge in [0.2, 0.25) is 0 Å². The summed E-state index contributed by atoms with van der Waals surface area (Å²) in [5.74, 6) is 0.0334. The molecule has 1 aliphatic rings. The fraction of sp³-hybridized carbons (Fsp3) is 0.250. The minimum absolute atomic E-state index is 0.188. The van der Waals surface area contributed by atoms with E-state index in [9.17, 15) is 10.4 Å². The van der Waals surface area contributed by atoms with E-state index in [1.165, 1.54) is 0 Å². The predicted octanol–water partition coefficient (Wildman–Crippen LogP) is 3.73. The van der Waals surface area contributed by atoms with Crippen molar-refractivity contribution in [1.29, 1.82) is 5.26 Å². The summed E-state index contributed by atoms with van der Waals surface area (Å²) < 4.78 is 0. The molecule has 1 aliphatic heterocycles. The maximum absolute atomic E-state index is 9.62. The molecule has 0 saturated heterocycles. The molecular formula is C16H16N2O. The van der Waals surface area contributed by atoms with Crippen molar-refractivity contribution in [3.05, 3.63) is 60.0 Å². The third-order valence-electron chi connectivity index (χ3n) is 3.32. The molecular weight excluding hydrogens is 236 g/mol. The smallest absolute Gasteiger partial charge is 0.0924 e. The number of nitriles is 1. The number of aliphatic hydroxyl groups excluding tert-OH is 1. The van der Waals surface area contributed by atoms with Gasteiger partial charge in [-0.1, -0.05) is 30.3 Å². The highest BCUT2D eigenvalue weighted by Crippen LogP contribution is 2.42. The zero-order valence-electron chi connectivity index (χ0n) is 10.8. The average molecular weight is 252 g/mol. The van der Waals surface area contributed by atoms with E-state index in [1.807, 2.05) is 36.4 Å². The first kappa shape index (κ1) is 13.1. The van der Waals surface area contributed by atoms with Gasteiger partial charge in [-0.15, -0.1) is 0 Å². The molecule has 96 valence electrons. The number of hydrogen-bond donors (Lipinski definition) is 1. The molecule has 1 heterocycles. The minimum atomic E-state index is -0.687. The molecule has 3 heteroatoms. The van der Waals surface area contributed by atoms with Crippen LogP contribution in [0.1, 0.15) is 24.8 Å². The number of nitrogens with zero attached hydrogens (tertiary/aromatic N) is 2. The molecule has 19 heavy (non-hydrogen) atoms. The van der Waals surface area contributed by atoms with Crippen LogP contribution in [0.25, 0.3) is 0 Å². The highest BCUT2D eigenvalue weighted by Gasteiger charge is 2.37. The van der Waals surface area contributed by atoms with E-state index in [0.29, 0.717) is 6.42 Å². The second kappa shape index (κ2) is 5.53. The van der Waals surface area contributed by atoms with Gasteiger partial charge in [0.05, 0.1) is 17.2 Å². The molecule has 0 saturated carbocycles. The zero-order chi connectivity index (χ0) is 13.7. The summed E-state index contributed by atoms with van der Waals surface area (Å²) in [7, 11) is 0. The summed E-state index contributed by atoms with van der Waals surface area (Å²) in [6.45, 7) is 1.63. The van der Waals surface area contributed by atoms with Gasteiger partial charge in [0.15, 0.2) is 0 Å². The highest BCUT2D eigenvalue weighted by molar-refractivity contribution is 5.63. The molecule has 3 nitrogen and oxygen atoms in total. The lowest BCUT2D eigenvalue weighted by Crippen LogP contribution is -2.26. The molecule has 1 N–H and O–H groups in total. The van der Waals surface area contributed by atoms with Crippen LogP contribution >= 0.6 is 0 Å². The van der Waals surface area contributed by atoms with Crippen LogP contribution in [0.2, 0.25) is 0 Å². The Morgan fingerprint density at radius 1 is 1.47 bits per heavy atom. The van der Waals surface area contributed by atoms with Gasteiger partial charge in [0.25, 0.3) is 0 Å². The van der Waals surface area contributed by atoms with Gasteiger partial charge in [-0.2, -0.15) is 5.26 Å². The Labute approximate surface area is 113 Å². The van der Waals surface area contributed by atoms with Gasteiger partial charge in [0.1, 0.15) is 0 Å². The lowest BCUT2D eigenvalue weighted by Gasteiger charge is -2.31. The number of aliphatic imine (C=N–C) groups is 1. The van der Waals surface area contributed by atoms with Crippen molar-refractivity contribution in [2.45, 2.75) is 19.3 Å². The van der Waals surface area contributed by atoms with Crippen molar-refractivity contribution < 1.29 is 5.11 Å². The molecule has 0 spiro atoms. The molecule has 1 aromatic rings. The second-order valence-electron chi connectivity index (χ2n) is 4.70. The van der Waals surface area contributed by atoms with Crippen molar-refractivity contribution in [3.63, 3.8) is 0 Å². The molecule has 0 bridgehead atoms. The van der Waals surface area contributed by atoms with Crippen LogP contribution in [-0.2, 0) is 0 Å². The third-order valence-corrected chi connectivity index (χ3v) is 3.32. The van der Waals surface area contributed by atoms with Crippen molar-refractivity contribution in [1.82, 2.24) is 0 Å². The van der Waals surface area contributed by atoms with Gasteiger partial charge < -0.3 is 5.11 Å². The summed E-state index contributed by atoms with van der Waals surface area (Å²) in [5.41, 5.74) is 0.324. The van der Waals surface area contributed by atoms with Crippen LogP contribution < -0.4 is 0 Å². The van der Waals surface area contributed by atoms with Crippen LogP contribution in [0.5, 0.6) is 0 Å². The maximum atomic E-state index is 9.62. The highest BCUT2D eigenvalue weighted by atomic mass is 16.3. The fourth-order valence-corrected chi connectivity index (χ4v) is 2.34. The van der Waals surface area contributed by atoms with Crippen LogP contribution in [-0.4, -0.2) is 11.3 Å². The minimum Gasteiger partial charge on any atom is -0.513 e. The lowest BCUT2D eigenvalue weighted by atomic mass is 9.70. The Hall–Kier alpha value is -2.34. The van der Waals surface area contributed by atoms with Gasteiger partial charge in [0, 0.05) is 24.8 Å². The van der Waals surface area contributed by atoms with E-state index < -0.39 is 5.41 Å². The molecule has 0 radical (unpaired) electrons. The van der Waals surface area contributed by atoms with E-state index in [0.717, 1.165) is 5.56 Å². The quantitative estimate of drug-likeness (QED) is 0.833. The van der Waals surface area contributed by atoms with Crippen molar-refractivity contribution in [2.75, 3.05) is 0 Å². The summed E-state index contributed by atoms with van der Waals surface area (Å²) in [6.07, 6.45) is 7.51. The molecule has 0 aliphatic carbocycles. The molecule has 1 aromatic carbocycles. The topological polar surface area (TPSA) is 56.4 Å². The van der Waals surface area contributed by atoms with Crippen LogP contribution in [0, 0.1) is 16.7 Å². The Morgan fingerprint density at radius 3 is 2.74 bits per heavy atom. The summed E-state index contributed by atoms with van der Waals surface area (Å²) in [6, 6.07) is 12.2. The molecule has 0 amide bonds. The molecule has 2 rings (SSSR count). The summed E-state index contributed by atoms with van der Waals surface area (Å²) in [5, 5.41) is 19.2. The summed E-state index contributed by atoms with van der Waals surface area (Å²) >= 11 is 0. The first-order valence-electron chi connectivity index (χ1n) is 6.21. The van der Waals surface area contributed by atoms with Crippen LogP contribution in [0.15, 0.2) is 59.4 Å². The Bertz CT molecular complexity index is 562. The van der Waals surface area contributed by atoms with Gasteiger partial charge >= 0.3 is 0 Å². The van der Waals surface area contributed by atoms with Crippen molar-refractivity contribution >= 4 is 6.21 Å². The largest absolute Gasteiger partial charge is 0.513 e. The zero-order valence-corrected chi connectivity index (χ0v) is 10.8. The summed E-state index contributed by atoms with van der Waals surface area (Å²) in [4.78, 5) is 4.04. The lowest BCUT2D eigenvalue weighted by molar-refractivity contribution is 0.394. The molecule has 2 atom stereocenters. The monoisotopic (exact) mass is 252 g/mol. The van der Waals surface area contributed by atoms with Crippen LogP contribution in [0.3, 0.4) is 0 Å². The molecule has 2 unspecified atom stereocenters. The number of benzene rings is 1. The number of allylic oxidation sites excluding steroid dienone is 3. The van der Waals surface area contributed by atoms with E-state index in [4.69, 9.17) is 0 Å². The first-order valence-corrected chi connectivity index (χ1v) is 6.21. The van der Waals surface area contributed by atoms with Crippen LogP contribution in [0.4, 0.5) is 0 Å². The Balaban J connectivity index is 2.50. The normalized spacial score (nSPS) is 23.9. The van der Waals surface area contributed by atoms with E-state index in [-0.39, 0.29) is 11.7 Å². The van der Waals surface area contributed by atoms with Gasteiger partial charge in [-0.05, 0) is 24.6 Å². The third kappa shape index (κ3) is 2.74. The van der Waals surface area contributed by atoms with Gasteiger partial charge in [-0.3, -0.25) is 4.99 Å². The van der Waals surface area contributed by atoms with Gasteiger partial charge in [-0.25, -0.2) is 0 Å². The molecule has 0 fully saturated rings. The number of rotatable bonds is 3. The SMILES string of the molecule is C/C(O)=C/C(c1ccccc1)C1(C#N)C=CN=CC1. The van der Waals surface area contributed by atoms with E-state index in [2.05, 4.69) is 11.1 Å². The van der Waals surface area contributed by atoms with E-state index in [1.54, 1.807) is 25.4 Å². The second-order valence-corrected chi connectivity index (χ2v) is 4.70. The Morgan fingerprint density at radius 2 is 2.21 bits per heavy atom. The number of hydrogen-bond acceptors (Lipinski definition) is 3. The molecule has 0 aromatic heterocycles. The van der Waals surface area contributed by atoms with E-state index >= 15 is 0 Å². The Kier molecular flexibility index (Phi) is 3.82.